The molecule has 120 valence electrons. The summed E-state index contributed by atoms with van der Waals surface area (Å²) in [6, 6.07) is 12.1. The molecule has 0 unspecified atom stereocenters. The van der Waals surface area contributed by atoms with Crippen molar-refractivity contribution in [2.75, 3.05) is 24.9 Å². The summed E-state index contributed by atoms with van der Waals surface area (Å²) in [7, 11) is 2.89. The molecule has 2 aromatic rings. The molecule has 0 aliphatic heterocycles. The molecule has 0 saturated carbocycles. The molecule has 0 aliphatic carbocycles. The third-order valence-electron chi connectivity index (χ3n) is 2.95. The van der Waals surface area contributed by atoms with E-state index in [2.05, 4.69) is 15.4 Å². The number of esters is 1. The molecule has 0 atom stereocenters. The van der Waals surface area contributed by atoms with E-state index >= 15 is 0 Å². The minimum absolute atomic E-state index is 0.369. The van der Waals surface area contributed by atoms with E-state index in [9.17, 15) is 4.79 Å². The van der Waals surface area contributed by atoms with Gasteiger partial charge in [0.05, 0.1) is 24.8 Å². The molecular weight excluding hydrogens is 336 g/mol. The molecule has 0 fully saturated rings. The Morgan fingerprint density at radius 3 is 2.39 bits per heavy atom. The number of thiocarbonyl (C=S) groups is 1. The van der Waals surface area contributed by atoms with Crippen LogP contribution in [-0.4, -0.2) is 25.3 Å². The van der Waals surface area contributed by atoms with Crippen LogP contribution < -0.4 is 15.4 Å². The van der Waals surface area contributed by atoms with E-state index < -0.39 is 5.97 Å². The van der Waals surface area contributed by atoms with Crippen LogP contribution in [0.2, 0.25) is 5.02 Å². The number of hydrogen-bond donors (Lipinski definition) is 2. The minimum atomic E-state index is -0.408. The van der Waals surface area contributed by atoms with Crippen molar-refractivity contribution < 1.29 is 14.3 Å². The Hall–Kier alpha value is -2.31. The van der Waals surface area contributed by atoms with Crippen molar-refractivity contribution in [2.24, 2.45) is 0 Å². The fourth-order valence-electron chi connectivity index (χ4n) is 1.88. The molecule has 7 heteroatoms. The second kappa shape index (κ2) is 7.80. The second-order valence-electron chi connectivity index (χ2n) is 4.50. The molecule has 23 heavy (non-hydrogen) atoms. The molecule has 0 amide bonds. The van der Waals surface area contributed by atoms with Gasteiger partial charge < -0.3 is 20.1 Å². The summed E-state index contributed by atoms with van der Waals surface area (Å²) >= 11 is 11.3. The highest BCUT2D eigenvalue weighted by atomic mass is 35.5. The summed E-state index contributed by atoms with van der Waals surface area (Å²) in [6.45, 7) is 0. The van der Waals surface area contributed by atoms with Crippen molar-refractivity contribution in [1.82, 2.24) is 0 Å². The average Bonchev–Trinajstić information content (AvgIpc) is 2.54. The van der Waals surface area contributed by atoms with E-state index in [-0.39, 0.29) is 0 Å². The van der Waals surface area contributed by atoms with Crippen LogP contribution in [0.4, 0.5) is 11.4 Å². The number of rotatable bonds is 4. The van der Waals surface area contributed by atoms with Crippen molar-refractivity contribution in [2.45, 2.75) is 0 Å². The minimum Gasteiger partial charge on any atom is -0.495 e. The zero-order valence-electron chi connectivity index (χ0n) is 12.6. The number of methoxy groups -OCH3 is 2. The van der Waals surface area contributed by atoms with Crippen molar-refractivity contribution in [3.8, 4) is 5.75 Å². The maximum atomic E-state index is 11.5. The zero-order chi connectivity index (χ0) is 16.8. The topological polar surface area (TPSA) is 59.6 Å². The van der Waals surface area contributed by atoms with E-state index in [1.54, 1.807) is 49.6 Å². The van der Waals surface area contributed by atoms with Crippen LogP contribution >= 0.6 is 23.8 Å². The Labute approximate surface area is 144 Å². The van der Waals surface area contributed by atoms with E-state index in [0.717, 1.165) is 5.69 Å². The average molecular weight is 351 g/mol. The Bertz CT molecular complexity index is 737. The van der Waals surface area contributed by atoms with Gasteiger partial charge in [-0.05, 0) is 48.6 Å². The smallest absolute Gasteiger partial charge is 0.337 e. The van der Waals surface area contributed by atoms with Gasteiger partial charge in [0.2, 0.25) is 0 Å². The van der Waals surface area contributed by atoms with Gasteiger partial charge in [-0.25, -0.2) is 4.79 Å². The van der Waals surface area contributed by atoms with Gasteiger partial charge in [-0.2, -0.15) is 0 Å². The molecule has 0 aromatic heterocycles. The second-order valence-corrected chi connectivity index (χ2v) is 5.32. The Morgan fingerprint density at radius 2 is 1.78 bits per heavy atom. The maximum absolute atomic E-state index is 11.5. The number of ether oxygens (including phenoxy) is 2. The lowest BCUT2D eigenvalue weighted by atomic mass is 10.2. The van der Waals surface area contributed by atoms with Gasteiger partial charge in [-0.3, -0.25) is 0 Å². The standard InChI is InChI=1S/C16H15ClN2O3S/c1-21-14-7-6-12(9-13(14)17)19-16(23)18-11-5-3-4-10(8-11)15(20)22-2/h3-9H,1-2H3,(H2,18,19,23). The summed E-state index contributed by atoms with van der Waals surface area (Å²) in [5.41, 5.74) is 1.83. The first-order chi connectivity index (χ1) is 11.0. The molecule has 0 spiro atoms. The highest BCUT2D eigenvalue weighted by Gasteiger charge is 2.07. The van der Waals surface area contributed by atoms with E-state index in [0.29, 0.717) is 27.1 Å². The van der Waals surface area contributed by atoms with Crippen LogP contribution in [0, 0.1) is 0 Å². The molecule has 2 rings (SSSR count). The number of benzene rings is 2. The fourth-order valence-corrected chi connectivity index (χ4v) is 2.37. The quantitative estimate of drug-likeness (QED) is 0.643. The molecule has 5 nitrogen and oxygen atoms in total. The molecular formula is C16H15ClN2O3S. The van der Waals surface area contributed by atoms with Crippen LogP contribution in [0.25, 0.3) is 0 Å². The number of halogens is 1. The van der Waals surface area contributed by atoms with E-state index in [1.807, 2.05) is 0 Å². The number of carbonyl (C=O) groups excluding carboxylic acids is 1. The van der Waals surface area contributed by atoms with Crippen LogP contribution in [0.1, 0.15) is 10.4 Å². The number of nitrogens with one attached hydrogen (secondary N) is 2. The van der Waals surface area contributed by atoms with Gasteiger partial charge in [-0.15, -0.1) is 0 Å². The van der Waals surface area contributed by atoms with E-state index in [1.165, 1.54) is 7.11 Å². The first-order valence-electron chi connectivity index (χ1n) is 6.63. The number of hydrogen-bond acceptors (Lipinski definition) is 4. The number of carbonyl (C=O) groups is 1. The molecule has 2 aromatic carbocycles. The van der Waals surface area contributed by atoms with Gasteiger partial charge in [0.1, 0.15) is 5.75 Å². The summed E-state index contributed by atoms with van der Waals surface area (Å²) < 4.78 is 9.78. The first kappa shape index (κ1) is 17.1. The Kier molecular flexibility index (Phi) is 5.78. The Balaban J connectivity index is 2.05. The molecule has 0 aliphatic rings. The van der Waals surface area contributed by atoms with E-state index in [4.69, 9.17) is 28.6 Å². The SMILES string of the molecule is COC(=O)c1cccc(NC(=S)Nc2ccc(OC)c(Cl)c2)c1. The van der Waals surface area contributed by atoms with Gasteiger partial charge in [0.15, 0.2) is 5.11 Å². The van der Waals surface area contributed by atoms with Crippen LogP contribution in [0.5, 0.6) is 5.75 Å². The monoisotopic (exact) mass is 350 g/mol. The Morgan fingerprint density at radius 1 is 1.09 bits per heavy atom. The number of anilines is 2. The summed E-state index contributed by atoms with van der Waals surface area (Å²) in [6.07, 6.45) is 0. The normalized spacial score (nSPS) is 9.87. The fraction of sp³-hybridized carbons (Fsp3) is 0.125. The van der Waals surface area contributed by atoms with Gasteiger partial charge in [0, 0.05) is 11.4 Å². The highest BCUT2D eigenvalue weighted by Crippen LogP contribution is 2.27. The van der Waals surface area contributed by atoms with Crippen molar-refractivity contribution >= 4 is 46.3 Å². The summed E-state index contributed by atoms with van der Waals surface area (Å²) in [5.74, 6) is 0.177. The molecule has 0 bridgehead atoms. The van der Waals surface area contributed by atoms with Crippen molar-refractivity contribution in [3.05, 3.63) is 53.1 Å². The van der Waals surface area contributed by atoms with Gasteiger partial charge in [-0.1, -0.05) is 17.7 Å². The lowest BCUT2D eigenvalue weighted by Crippen LogP contribution is -2.19. The lowest BCUT2D eigenvalue weighted by Gasteiger charge is -2.12. The van der Waals surface area contributed by atoms with Crippen molar-refractivity contribution in [1.29, 1.82) is 0 Å². The third kappa shape index (κ3) is 4.58. The van der Waals surface area contributed by atoms with Crippen molar-refractivity contribution in [3.63, 3.8) is 0 Å². The lowest BCUT2D eigenvalue weighted by molar-refractivity contribution is 0.0601. The molecule has 0 heterocycles. The summed E-state index contributed by atoms with van der Waals surface area (Å²) in [5, 5.41) is 6.85. The highest BCUT2D eigenvalue weighted by molar-refractivity contribution is 7.80. The zero-order valence-corrected chi connectivity index (χ0v) is 14.1. The predicted molar refractivity (Wildman–Crippen MR) is 95.6 cm³/mol. The first-order valence-corrected chi connectivity index (χ1v) is 7.42. The molecule has 0 radical (unpaired) electrons. The van der Waals surface area contributed by atoms with Crippen LogP contribution in [0.15, 0.2) is 42.5 Å². The van der Waals surface area contributed by atoms with Gasteiger partial charge in [0.25, 0.3) is 0 Å². The maximum Gasteiger partial charge on any atom is 0.337 e. The molecule has 2 N–H and O–H groups in total. The van der Waals surface area contributed by atoms with Gasteiger partial charge >= 0.3 is 5.97 Å². The third-order valence-corrected chi connectivity index (χ3v) is 3.45. The van der Waals surface area contributed by atoms with Crippen LogP contribution in [-0.2, 0) is 4.74 Å². The summed E-state index contributed by atoms with van der Waals surface area (Å²) in [4.78, 5) is 11.5. The van der Waals surface area contributed by atoms with Crippen LogP contribution in [0.3, 0.4) is 0 Å². The predicted octanol–water partition coefficient (Wildman–Crippen LogP) is 3.94. The molecule has 0 saturated heterocycles. The largest absolute Gasteiger partial charge is 0.495 e.